The van der Waals surface area contributed by atoms with Gasteiger partial charge in [0.2, 0.25) is 5.95 Å². The molecule has 0 saturated carbocycles. The van der Waals surface area contributed by atoms with E-state index >= 15 is 0 Å². The number of methoxy groups -OCH3 is 1. The Hall–Kier alpha value is -3.44. The van der Waals surface area contributed by atoms with Gasteiger partial charge in [0.15, 0.2) is 5.82 Å². The summed E-state index contributed by atoms with van der Waals surface area (Å²) in [6.07, 6.45) is -4.84. The number of halogens is 4. The van der Waals surface area contributed by atoms with Crippen molar-refractivity contribution in [3.63, 3.8) is 0 Å². The first-order valence-electron chi connectivity index (χ1n) is 7.76. The molecule has 1 aromatic carbocycles. The number of nitrogens with two attached hydrogens (primary N) is 1. The second-order valence-electron chi connectivity index (χ2n) is 5.58. The van der Waals surface area contributed by atoms with Gasteiger partial charge in [0.25, 0.3) is 5.89 Å². The van der Waals surface area contributed by atoms with E-state index in [-0.39, 0.29) is 28.6 Å². The van der Waals surface area contributed by atoms with Gasteiger partial charge in [-0.05, 0) is 19.1 Å². The Labute approximate surface area is 155 Å². The molecule has 28 heavy (non-hydrogen) atoms. The van der Waals surface area contributed by atoms with Gasteiger partial charge in [0.1, 0.15) is 22.9 Å². The van der Waals surface area contributed by atoms with Crippen molar-refractivity contribution in [2.75, 3.05) is 25.2 Å². The van der Waals surface area contributed by atoms with Crippen LogP contribution in [0.3, 0.4) is 0 Å². The third kappa shape index (κ3) is 3.40. The minimum atomic E-state index is -4.84. The molecule has 0 atom stereocenters. The zero-order chi connectivity index (χ0) is 20.6. The van der Waals surface area contributed by atoms with Gasteiger partial charge in [-0.15, -0.1) is 0 Å². The number of alkyl halides is 3. The minimum Gasteiger partial charge on any atom is -0.496 e. The van der Waals surface area contributed by atoms with Crippen LogP contribution in [0, 0.1) is 12.7 Å². The topological polar surface area (TPSA) is 112 Å². The van der Waals surface area contributed by atoms with Crippen molar-refractivity contribution in [1.29, 1.82) is 0 Å². The lowest BCUT2D eigenvalue weighted by atomic mass is 10.0. The van der Waals surface area contributed by atoms with Gasteiger partial charge >= 0.3 is 6.18 Å². The zero-order valence-electron chi connectivity index (χ0n) is 14.8. The molecule has 8 nitrogen and oxygen atoms in total. The Bertz CT molecular complexity index is 1030. The van der Waals surface area contributed by atoms with Crippen LogP contribution < -0.4 is 15.8 Å². The van der Waals surface area contributed by atoms with Gasteiger partial charge in [0.05, 0.1) is 18.4 Å². The maximum atomic E-state index is 14.7. The third-order valence-electron chi connectivity index (χ3n) is 3.75. The number of hydrogen-bond donors (Lipinski definition) is 2. The predicted octanol–water partition coefficient (Wildman–Crippen LogP) is 3.29. The maximum Gasteiger partial charge on any atom is 0.422 e. The van der Waals surface area contributed by atoms with Crippen LogP contribution in [-0.4, -0.2) is 34.3 Å². The average molecular weight is 398 g/mol. The van der Waals surface area contributed by atoms with Crippen LogP contribution in [0.2, 0.25) is 0 Å². The predicted molar refractivity (Wildman–Crippen MR) is 91.0 cm³/mol. The highest BCUT2D eigenvalue weighted by atomic mass is 19.4. The van der Waals surface area contributed by atoms with Crippen molar-refractivity contribution >= 4 is 11.8 Å². The fourth-order valence-electron chi connectivity index (χ4n) is 2.60. The fraction of sp³-hybridized carbons (Fsp3) is 0.250. The van der Waals surface area contributed by atoms with E-state index < -0.39 is 35.0 Å². The summed E-state index contributed by atoms with van der Waals surface area (Å²) in [6, 6.07) is 1.99. The highest BCUT2D eigenvalue weighted by molar-refractivity contribution is 5.78. The van der Waals surface area contributed by atoms with Crippen molar-refractivity contribution in [2.45, 2.75) is 13.1 Å². The molecule has 0 saturated heterocycles. The summed E-state index contributed by atoms with van der Waals surface area (Å²) >= 11 is 0. The maximum absolute atomic E-state index is 14.7. The van der Waals surface area contributed by atoms with Gasteiger partial charge in [0, 0.05) is 12.6 Å². The molecule has 0 radical (unpaired) electrons. The molecule has 0 spiro atoms. The smallest absolute Gasteiger partial charge is 0.422 e. The van der Waals surface area contributed by atoms with E-state index in [4.69, 9.17) is 15.0 Å². The van der Waals surface area contributed by atoms with Crippen LogP contribution in [0.1, 0.15) is 11.4 Å². The van der Waals surface area contributed by atoms with Crippen LogP contribution >= 0.6 is 0 Å². The summed E-state index contributed by atoms with van der Waals surface area (Å²) in [7, 11) is 2.47. The van der Waals surface area contributed by atoms with Crippen LogP contribution in [0.5, 0.6) is 5.75 Å². The zero-order valence-corrected chi connectivity index (χ0v) is 14.8. The number of nitrogens with one attached hydrogen (secondary N) is 1. The van der Waals surface area contributed by atoms with Crippen molar-refractivity contribution in [1.82, 2.24) is 20.1 Å². The molecule has 0 amide bonds. The number of hydrogen-bond acceptors (Lipinski definition) is 8. The van der Waals surface area contributed by atoms with Crippen molar-refractivity contribution < 1.29 is 26.8 Å². The minimum absolute atomic E-state index is 0.0992. The van der Waals surface area contributed by atoms with Crippen LogP contribution in [0.25, 0.3) is 22.7 Å². The van der Waals surface area contributed by atoms with E-state index in [1.807, 2.05) is 0 Å². The first-order chi connectivity index (χ1) is 13.2. The Balaban J connectivity index is 2.30. The van der Waals surface area contributed by atoms with E-state index in [1.165, 1.54) is 21.1 Å². The molecule has 3 rings (SSSR count). The summed E-state index contributed by atoms with van der Waals surface area (Å²) in [6.45, 7) is 1.54. The highest BCUT2D eigenvalue weighted by Gasteiger charge is 2.39. The number of anilines is 2. The van der Waals surface area contributed by atoms with Gasteiger partial charge in [-0.25, -0.2) is 9.37 Å². The van der Waals surface area contributed by atoms with E-state index in [1.54, 1.807) is 0 Å². The average Bonchev–Trinajstić information content (AvgIpc) is 3.05. The number of aryl methyl sites for hydroxylation is 1. The SMILES string of the molecule is CNc1nc(N)nc(-c2cc(F)c(-c3nc(C)no3)cc2OC)c1C(F)(F)F. The Kier molecular flexibility index (Phi) is 4.79. The molecular formula is C16H14F4N6O2. The number of rotatable bonds is 4. The van der Waals surface area contributed by atoms with E-state index in [0.29, 0.717) is 0 Å². The van der Waals surface area contributed by atoms with Crippen LogP contribution in [0.15, 0.2) is 16.7 Å². The molecule has 0 aliphatic carbocycles. The molecule has 0 aliphatic rings. The lowest BCUT2D eigenvalue weighted by Crippen LogP contribution is -2.15. The van der Waals surface area contributed by atoms with Crippen molar-refractivity contribution in [3.05, 3.63) is 29.3 Å². The van der Waals surface area contributed by atoms with Crippen LogP contribution in [0.4, 0.5) is 29.3 Å². The summed E-state index contributed by atoms with van der Waals surface area (Å²) in [5.74, 6) is -1.86. The van der Waals surface area contributed by atoms with E-state index in [9.17, 15) is 17.6 Å². The molecule has 148 valence electrons. The number of nitrogen functional groups attached to an aromatic ring is 1. The van der Waals surface area contributed by atoms with Crippen LogP contribution in [-0.2, 0) is 6.18 Å². The number of nitrogens with zero attached hydrogens (tertiary/aromatic N) is 4. The summed E-state index contributed by atoms with van der Waals surface area (Å²) < 4.78 is 65.8. The summed E-state index contributed by atoms with van der Waals surface area (Å²) in [5, 5.41) is 5.89. The molecule has 3 aromatic rings. The quantitative estimate of drug-likeness (QED) is 0.644. The molecule has 0 unspecified atom stereocenters. The summed E-state index contributed by atoms with van der Waals surface area (Å²) in [5.41, 5.74) is 3.30. The first kappa shape index (κ1) is 19.3. The van der Waals surface area contributed by atoms with Crippen molar-refractivity contribution in [3.8, 4) is 28.5 Å². The monoisotopic (exact) mass is 398 g/mol. The number of ether oxygens (including phenoxy) is 1. The Morgan fingerprint density at radius 2 is 1.86 bits per heavy atom. The molecule has 0 aliphatic heterocycles. The largest absolute Gasteiger partial charge is 0.496 e. The molecule has 3 N–H and O–H groups in total. The molecule has 0 bridgehead atoms. The van der Waals surface area contributed by atoms with Gasteiger partial charge in [-0.2, -0.15) is 23.1 Å². The van der Waals surface area contributed by atoms with Gasteiger partial charge in [-0.3, -0.25) is 0 Å². The second kappa shape index (κ2) is 6.94. The Morgan fingerprint density at radius 1 is 1.14 bits per heavy atom. The second-order valence-corrected chi connectivity index (χ2v) is 5.58. The van der Waals surface area contributed by atoms with Gasteiger partial charge in [-0.1, -0.05) is 5.16 Å². The van der Waals surface area contributed by atoms with E-state index in [2.05, 4.69) is 25.4 Å². The fourth-order valence-corrected chi connectivity index (χ4v) is 2.60. The molecule has 2 aromatic heterocycles. The molecular weight excluding hydrogens is 384 g/mol. The highest BCUT2D eigenvalue weighted by Crippen LogP contribution is 2.44. The third-order valence-corrected chi connectivity index (χ3v) is 3.75. The first-order valence-corrected chi connectivity index (χ1v) is 7.76. The lowest BCUT2D eigenvalue weighted by molar-refractivity contribution is -0.136. The number of aromatic nitrogens is 4. The lowest BCUT2D eigenvalue weighted by Gasteiger charge is -2.18. The van der Waals surface area contributed by atoms with Gasteiger partial charge < -0.3 is 20.3 Å². The molecule has 0 fully saturated rings. The normalized spacial score (nSPS) is 11.5. The van der Waals surface area contributed by atoms with Crippen molar-refractivity contribution in [2.24, 2.45) is 0 Å². The molecule has 2 heterocycles. The standard InChI is InChI=1S/C16H14F4N6O2/c1-6-23-14(28-26-6)7-5-10(27-3)8(4-9(7)17)12-11(16(18,19)20)13(22-2)25-15(21)24-12/h4-5H,1-3H3,(H3,21,22,24,25). The summed E-state index contributed by atoms with van der Waals surface area (Å²) in [4.78, 5) is 11.2. The molecule has 12 heteroatoms. The number of benzene rings is 1. The Morgan fingerprint density at radius 3 is 2.39 bits per heavy atom. The van der Waals surface area contributed by atoms with E-state index in [0.717, 1.165) is 12.1 Å².